The van der Waals surface area contributed by atoms with E-state index < -0.39 is 0 Å². The molecule has 1 fully saturated rings. The van der Waals surface area contributed by atoms with Crippen LogP contribution in [0.5, 0.6) is 0 Å². The molecule has 4 N–H and O–H groups in total. The fraction of sp³-hybridized carbons (Fsp3) is 0.545. The molecule has 1 aliphatic heterocycles. The summed E-state index contributed by atoms with van der Waals surface area (Å²) < 4.78 is 0. The Bertz CT molecular complexity index is 1030. The molecule has 9 heteroatoms. The third-order valence-corrected chi connectivity index (χ3v) is 6.18. The Balaban J connectivity index is 1.56. The molecule has 4 rings (SSSR count). The highest BCUT2D eigenvalue weighted by Crippen LogP contribution is 2.31. The predicted molar refractivity (Wildman–Crippen MR) is 122 cm³/mol. The van der Waals surface area contributed by atoms with Gasteiger partial charge in [-0.1, -0.05) is 13.8 Å². The van der Waals surface area contributed by atoms with E-state index >= 15 is 0 Å². The van der Waals surface area contributed by atoms with Gasteiger partial charge in [-0.2, -0.15) is 10.4 Å². The molecular formula is C22H31N9. The molecule has 0 bridgehead atoms. The Labute approximate surface area is 182 Å². The second kappa shape index (κ2) is 9.35. The average Bonchev–Trinajstić information content (AvgIpc) is 3.41. The number of nitrogens with zero attached hydrogens (tertiary/aromatic N) is 5. The normalized spacial score (nSPS) is 21.8. The number of hydrogen-bond donors (Lipinski definition) is 4. The van der Waals surface area contributed by atoms with E-state index in [0.29, 0.717) is 24.5 Å². The summed E-state index contributed by atoms with van der Waals surface area (Å²) in [5, 5.41) is 23.2. The highest BCUT2D eigenvalue weighted by atomic mass is 15.2. The molecule has 0 radical (unpaired) electrons. The van der Waals surface area contributed by atoms with Crippen LogP contribution in [0.1, 0.15) is 51.6 Å². The molecule has 0 aliphatic carbocycles. The van der Waals surface area contributed by atoms with Crippen molar-refractivity contribution in [1.82, 2.24) is 30.0 Å². The van der Waals surface area contributed by atoms with E-state index in [4.69, 9.17) is 10.2 Å². The van der Waals surface area contributed by atoms with Crippen molar-refractivity contribution in [3.05, 3.63) is 24.2 Å². The Hall–Kier alpha value is -3.12. The highest BCUT2D eigenvalue weighted by Gasteiger charge is 2.34. The summed E-state index contributed by atoms with van der Waals surface area (Å²) in [6, 6.07) is 7.44. The number of piperidine rings is 1. The molecule has 4 heterocycles. The molecule has 0 aromatic carbocycles. The number of rotatable bonds is 8. The summed E-state index contributed by atoms with van der Waals surface area (Å²) in [7, 11) is 0. The van der Waals surface area contributed by atoms with Crippen molar-refractivity contribution in [2.45, 2.75) is 71.0 Å². The minimum atomic E-state index is 0.309. The van der Waals surface area contributed by atoms with Gasteiger partial charge in [-0.05, 0) is 32.6 Å². The summed E-state index contributed by atoms with van der Waals surface area (Å²) in [6.45, 7) is 7.29. The maximum Gasteiger partial charge on any atom is 0.156 e. The SMILES string of the molecule is CCC1CC(Nc2nc(Nc3cc(C)[nH]n3)cc3[nH]cnc23)CC(CC)N1CCC#N. The first-order chi connectivity index (χ1) is 15.1. The fourth-order valence-electron chi connectivity index (χ4n) is 4.70. The van der Waals surface area contributed by atoms with E-state index in [0.717, 1.165) is 66.4 Å². The molecule has 1 aliphatic rings. The van der Waals surface area contributed by atoms with E-state index in [-0.39, 0.29) is 0 Å². The number of fused-ring (bicyclic) bond motifs is 1. The van der Waals surface area contributed by atoms with Crippen LogP contribution in [0.15, 0.2) is 18.5 Å². The maximum atomic E-state index is 9.06. The molecule has 2 unspecified atom stereocenters. The number of aryl methyl sites for hydroxylation is 1. The third-order valence-electron chi connectivity index (χ3n) is 6.18. The monoisotopic (exact) mass is 421 g/mol. The zero-order chi connectivity index (χ0) is 21.8. The van der Waals surface area contributed by atoms with Gasteiger partial charge < -0.3 is 15.6 Å². The summed E-state index contributed by atoms with van der Waals surface area (Å²) in [6.07, 6.45) is 6.50. The van der Waals surface area contributed by atoms with Crippen LogP contribution >= 0.6 is 0 Å². The van der Waals surface area contributed by atoms with Crippen LogP contribution in [0.2, 0.25) is 0 Å². The van der Waals surface area contributed by atoms with Gasteiger partial charge in [0.15, 0.2) is 11.6 Å². The summed E-state index contributed by atoms with van der Waals surface area (Å²) >= 11 is 0. The van der Waals surface area contributed by atoms with Crippen molar-refractivity contribution in [2.24, 2.45) is 0 Å². The van der Waals surface area contributed by atoms with Gasteiger partial charge in [-0.25, -0.2) is 9.97 Å². The quantitative estimate of drug-likeness (QED) is 0.432. The first-order valence-corrected chi connectivity index (χ1v) is 11.1. The number of nitriles is 1. The van der Waals surface area contributed by atoms with Crippen LogP contribution in [0.4, 0.5) is 17.5 Å². The van der Waals surface area contributed by atoms with E-state index in [1.54, 1.807) is 6.33 Å². The van der Waals surface area contributed by atoms with Gasteiger partial charge >= 0.3 is 0 Å². The molecule has 2 atom stereocenters. The molecule has 164 valence electrons. The molecular weight excluding hydrogens is 390 g/mol. The number of anilines is 3. The van der Waals surface area contributed by atoms with Gasteiger partial charge in [0.25, 0.3) is 0 Å². The molecule has 3 aromatic heterocycles. The Morgan fingerprint density at radius 3 is 2.61 bits per heavy atom. The van der Waals surface area contributed by atoms with Crippen LogP contribution in [-0.2, 0) is 0 Å². The number of likely N-dealkylation sites (tertiary alicyclic amines) is 1. The number of imidazole rings is 1. The number of nitrogens with one attached hydrogen (secondary N) is 4. The van der Waals surface area contributed by atoms with E-state index in [1.165, 1.54) is 0 Å². The molecule has 0 amide bonds. The maximum absolute atomic E-state index is 9.06. The van der Waals surface area contributed by atoms with Gasteiger partial charge in [0, 0.05) is 48.9 Å². The smallest absolute Gasteiger partial charge is 0.156 e. The number of aromatic nitrogens is 5. The summed E-state index contributed by atoms with van der Waals surface area (Å²) in [5.41, 5.74) is 2.76. The van der Waals surface area contributed by atoms with Gasteiger partial charge in [-0.15, -0.1) is 0 Å². The van der Waals surface area contributed by atoms with E-state index in [9.17, 15) is 0 Å². The molecule has 1 saturated heterocycles. The average molecular weight is 422 g/mol. The number of aromatic amines is 2. The van der Waals surface area contributed by atoms with E-state index in [1.807, 2.05) is 19.1 Å². The van der Waals surface area contributed by atoms with E-state index in [2.05, 4.69) is 55.6 Å². The number of H-pyrrole nitrogens is 2. The molecule has 9 nitrogen and oxygen atoms in total. The van der Waals surface area contributed by atoms with Crippen LogP contribution < -0.4 is 10.6 Å². The fourth-order valence-corrected chi connectivity index (χ4v) is 4.70. The zero-order valence-corrected chi connectivity index (χ0v) is 18.4. The zero-order valence-electron chi connectivity index (χ0n) is 18.4. The molecule has 0 saturated carbocycles. The topological polar surface area (TPSA) is 121 Å². The van der Waals surface area contributed by atoms with Crippen molar-refractivity contribution >= 4 is 28.5 Å². The number of hydrogen-bond acceptors (Lipinski definition) is 7. The van der Waals surface area contributed by atoms with Crippen LogP contribution in [0.3, 0.4) is 0 Å². The van der Waals surface area contributed by atoms with Crippen LogP contribution in [0, 0.1) is 18.3 Å². The largest absolute Gasteiger partial charge is 0.365 e. The van der Waals surface area contributed by atoms with Gasteiger partial charge in [0.2, 0.25) is 0 Å². The van der Waals surface area contributed by atoms with Gasteiger partial charge in [-0.3, -0.25) is 10.00 Å². The number of pyridine rings is 1. The van der Waals surface area contributed by atoms with Gasteiger partial charge in [0.05, 0.1) is 17.9 Å². The van der Waals surface area contributed by atoms with Crippen molar-refractivity contribution in [2.75, 3.05) is 17.2 Å². The summed E-state index contributed by atoms with van der Waals surface area (Å²) in [4.78, 5) is 15.1. The lowest BCUT2D eigenvalue weighted by Gasteiger charge is -2.45. The van der Waals surface area contributed by atoms with Crippen molar-refractivity contribution in [1.29, 1.82) is 5.26 Å². The van der Waals surface area contributed by atoms with Crippen molar-refractivity contribution < 1.29 is 0 Å². The highest BCUT2D eigenvalue weighted by molar-refractivity contribution is 5.88. The van der Waals surface area contributed by atoms with Crippen LogP contribution in [0.25, 0.3) is 11.0 Å². The first kappa shape index (κ1) is 21.1. The third kappa shape index (κ3) is 4.64. The minimum absolute atomic E-state index is 0.309. The summed E-state index contributed by atoms with van der Waals surface area (Å²) in [5.74, 6) is 2.24. The Morgan fingerprint density at radius 1 is 1.19 bits per heavy atom. The first-order valence-electron chi connectivity index (χ1n) is 11.1. The minimum Gasteiger partial charge on any atom is -0.365 e. The predicted octanol–water partition coefficient (Wildman–Crippen LogP) is 4.08. The lowest BCUT2D eigenvalue weighted by Crippen LogP contribution is -2.52. The second-order valence-corrected chi connectivity index (χ2v) is 8.30. The molecule has 0 spiro atoms. The molecule has 31 heavy (non-hydrogen) atoms. The molecule has 3 aromatic rings. The lowest BCUT2D eigenvalue weighted by atomic mass is 9.88. The Morgan fingerprint density at radius 2 is 1.97 bits per heavy atom. The van der Waals surface area contributed by atoms with Crippen molar-refractivity contribution in [3.8, 4) is 6.07 Å². The second-order valence-electron chi connectivity index (χ2n) is 8.30. The van der Waals surface area contributed by atoms with Crippen LogP contribution in [-0.4, -0.2) is 54.7 Å². The lowest BCUT2D eigenvalue weighted by molar-refractivity contribution is 0.0735. The van der Waals surface area contributed by atoms with Gasteiger partial charge in [0.1, 0.15) is 11.3 Å². The standard InChI is InChI=1S/C22H31N9/c1-4-16-10-15(11-17(5-2)31(16)8-6-7-23)26-22-21-18(24-13-25-21)12-19(28-22)27-20-9-14(3)29-30-20/h9,12-13,15-17H,4-6,8,10-11H2,1-3H3,(H,24,25)(H3,26,27,28,29,30). The van der Waals surface area contributed by atoms with Crippen molar-refractivity contribution in [3.63, 3.8) is 0 Å². The Kier molecular flexibility index (Phi) is 6.37.